The lowest BCUT2D eigenvalue weighted by molar-refractivity contribution is -0.135. The number of pyridine rings is 1. The molecule has 90 valence electrons. The normalized spacial score (nSPS) is 13.8. The van der Waals surface area contributed by atoms with Gasteiger partial charge in [0.05, 0.1) is 10.7 Å². The molecule has 1 atom stereocenters. The lowest BCUT2D eigenvalue weighted by Crippen LogP contribution is -2.14. The van der Waals surface area contributed by atoms with Crippen molar-refractivity contribution in [2.75, 3.05) is 0 Å². The molecule has 0 saturated heterocycles. The zero-order valence-corrected chi connectivity index (χ0v) is 9.22. The van der Waals surface area contributed by atoms with Gasteiger partial charge in [0, 0.05) is 18.7 Å². The van der Waals surface area contributed by atoms with E-state index in [1.807, 2.05) is 0 Å². The fourth-order valence-corrected chi connectivity index (χ4v) is 1.39. The number of halogens is 4. The van der Waals surface area contributed by atoms with Crippen LogP contribution in [0.4, 0.5) is 13.2 Å². The Hall–Kier alpha value is -0.810. The van der Waals surface area contributed by atoms with Crippen LogP contribution in [0, 0.1) is 0 Å². The Morgan fingerprint density at radius 2 is 2.06 bits per heavy atom. The summed E-state index contributed by atoms with van der Waals surface area (Å²) in [6, 6.07) is 2.77. The topological polar surface area (TPSA) is 38.9 Å². The maximum Gasteiger partial charge on any atom is 0.389 e. The Morgan fingerprint density at radius 1 is 1.38 bits per heavy atom. The maximum atomic E-state index is 11.9. The van der Waals surface area contributed by atoms with Gasteiger partial charge in [-0.2, -0.15) is 13.2 Å². The molecule has 0 aliphatic carbocycles. The number of nitrogens with two attached hydrogens (primary N) is 1. The molecule has 0 aliphatic heterocycles. The first kappa shape index (κ1) is 13.3. The second kappa shape index (κ2) is 5.50. The molecule has 6 heteroatoms. The summed E-state index contributed by atoms with van der Waals surface area (Å²) in [7, 11) is 0. The third-order valence-corrected chi connectivity index (χ3v) is 2.33. The van der Waals surface area contributed by atoms with Gasteiger partial charge in [0.2, 0.25) is 0 Å². The average Bonchev–Trinajstić information content (AvgIpc) is 2.16. The predicted octanol–water partition coefficient (Wildman–Crippen LogP) is 3.47. The van der Waals surface area contributed by atoms with Gasteiger partial charge >= 0.3 is 6.18 Å². The molecule has 0 aliphatic rings. The summed E-state index contributed by atoms with van der Waals surface area (Å²) >= 11 is 5.63. The second-order valence-corrected chi connectivity index (χ2v) is 3.95. The van der Waals surface area contributed by atoms with E-state index in [1.165, 1.54) is 6.20 Å². The Kier molecular flexibility index (Phi) is 4.56. The SMILES string of the molecule is NC(CCCC(F)(F)F)c1ccc(Cl)cn1. The number of rotatable bonds is 4. The van der Waals surface area contributed by atoms with Crippen LogP contribution >= 0.6 is 11.6 Å². The minimum atomic E-state index is -4.12. The van der Waals surface area contributed by atoms with E-state index >= 15 is 0 Å². The van der Waals surface area contributed by atoms with Crippen molar-refractivity contribution < 1.29 is 13.2 Å². The van der Waals surface area contributed by atoms with E-state index in [0.717, 1.165) is 0 Å². The molecule has 0 saturated carbocycles. The van der Waals surface area contributed by atoms with E-state index in [0.29, 0.717) is 10.7 Å². The predicted molar refractivity (Wildman–Crippen MR) is 56.1 cm³/mol. The molecular weight excluding hydrogens is 241 g/mol. The quantitative estimate of drug-likeness (QED) is 0.891. The van der Waals surface area contributed by atoms with E-state index in [1.54, 1.807) is 12.1 Å². The molecule has 0 spiro atoms. The van der Waals surface area contributed by atoms with Gasteiger partial charge in [-0.25, -0.2) is 0 Å². The minimum absolute atomic E-state index is 0.00890. The Balaban J connectivity index is 2.41. The summed E-state index contributed by atoms with van der Waals surface area (Å²) in [5, 5.41) is 0.478. The molecule has 0 bridgehead atoms. The summed E-state index contributed by atoms with van der Waals surface area (Å²) in [4.78, 5) is 3.96. The number of hydrogen-bond acceptors (Lipinski definition) is 2. The average molecular weight is 253 g/mol. The van der Waals surface area contributed by atoms with Crippen LogP contribution in [0.15, 0.2) is 18.3 Å². The fraction of sp³-hybridized carbons (Fsp3) is 0.500. The minimum Gasteiger partial charge on any atom is -0.323 e. The van der Waals surface area contributed by atoms with Gasteiger partial charge in [-0.3, -0.25) is 4.98 Å². The van der Waals surface area contributed by atoms with Crippen molar-refractivity contribution in [1.29, 1.82) is 0 Å². The second-order valence-electron chi connectivity index (χ2n) is 3.52. The molecule has 16 heavy (non-hydrogen) atoms. The van der Waals surface area contributed by atoms with E-state index < -0.39 is 18.6 Å². The van der Waals surface area contributed by atoms with Crippen LogP contribution in [0.1, 0.15) is 31.0 Å². The Bertz CT molecular complexity index is 324. The maximum absolute atomic E-state index is 11.9. The van der Waals surface area contributed by atoms with Gasteiger partial charge in [-0.15, -0.1) is 0 Å². The van der Waals surface area contributed by atoms with Gasteiger partial charge in [-0.1, -0.05) is 11.6 Å². The Morgan fingerprint density at radius 3 is 2.56 bits per heavy atom. The first-order valence-electron chi connectivity index (χ1n) is 4.82. The molecule has 2 nitrogen and oxygen atoms in total. The first-order valence-corrected chi connectivity index (χ1v) is 5.20. The highest BCUT2D eigenvalue weighted by Crippen LogP contribution is 2.25. The molecular formula is C10H12ClF3N2. The van der Waals surface area contributed by atoms with E-state index in [9.17, 15) is 13.2 Å². The zero-order valence-electron chi connectivity index (χ0n) is 8.47. The lowest BCUT2D eigenvalue weighted by atomic mass is 10.1. The van der Waals surface area contributed by atoms with E-state index in [-0.39, 0.29) is 12.8 Å². The van der Waals surface area contributed by atoms with Crippen molar-refractivity contribution in [3.05, 3.63) is 29.0 Å². The van der Waals surface area contributed by atoms with Crippen molar-refractivity contribution in [2.24, 2.45) is 5.73 Å². The Labute approximate surface area is 96.6 Å². The van der Waals surface area contributed by atoms with E-state index in [2.05, 4.69) is 4.98 Å². The molecule has 0 fully saturated rings. The van der Waals surface area contributed by atoms with Crippen molar-refractivity contribution >= 4 is 11.6 Å². The van der Waals surface area contributed by atoms with Crippen molar-refractivity contribution in [3.63, 3.8) is 0 Å². The van der Waals surface area contributed by atoms with Gasteiger partial charge < -0.3 is 5.73 Å². The number of aromatic nitrogens is 1. The third kappa shape index (κ3) is 4.81. The molecule has 1 unspecified atom stereocenters. The van der Waals surface area contributed by atoms with Crippen molar-refractivity contribution in [3.8, 4) is 0 Å². The van der Waals surface area contributed by atoms with Crippen molar-refractivity contribution in [1.82, 2.24) is 4.98 Å². The summed E-state index contributed by atoms with van der Waals surface area (Å²) < 4.78 is 35.7. The van der Waals surface area contributed by atoms with Crippen LogP contribution in [0.25, 0.3) is 0 Å². The van der Waals surface area contributed by atoms with Crippen LogP contribution in [0.5, 0.6) is 0 Å². The van der Waals surface area contributed by atoms with Crippen LogP contribution in [-0.4, -0.2) is 11.2 Å². The van der Waals surface area contributed by atoms with E-state index in [4.69, 9.17) is 17.3 Å². The fourth-order valence-electron chi connectivity index (χ4n) is 1.28. The lowest BCUT2D eigenvalue weighted by Gasteiger charge is -2.11. The molecule has 1 rings (SSSR count). The largest absolute Gasteiger partial charge is 0.389 e. The summed E-state index contributed by atoms with van der Waals surface area (Å²) in [6.45, 7) is 0. The molecule has 1 aromatic rings. The first-order chi connectivity index (χ1) is 7.38. The monoisotopic (exact) mass is 252 g/mol. The van der Waals surface area contributed by atoms with Gasteiger partial charge in [0.1, 0.15) is 0 Å². The van der Waals surface area contributed by atoms with Gasteiger partial charge in [0.25, 0.3) is 0 Å². The van der Waals surface area contributed by atoms with Crippen molar-refractivity contribution in [2.45, 2.75) is 31.5 Å². The standard InChI is InChI=1S/C10H12ClF3N2/c11-7-3-4-9(16-6-7)8(15)2-1-5-10(12,13)14/h3-4,6,8H,1-2,5,15H2. The highest BCUT2D eigenvalue weighted by atomic mass is 35.5. The number of hydrogen-bond donors (Lipinski definition) is 1. The highest BCUT2D eigenvalue weighted by molar-refractivity contribution is 6.30. The highest BCUT2D eigenvalue weighted by Gasteiger charge is 2.26. The third-order valence-electron chi connectivity index (χ3n) is 2.11. The molecule has 0 aromatic carbocycles. The molecule has 0 radical (unpaired) electrons. The van der Waals surface area contributed by atoms with Crippen LogP contribution in [-0.2, 0) is 0 Å². The molecule has 2 N–H and O–H groups in total. The van der Waals surface area contributed by atoms with Crippen LogP contribution in [0.3, 0.4) is 0 Å². The summed E-state index contributed by atoms with van der Waals surface area (Å²) in [6.07, 6.45) is -3.23. The summed E-state index contributed by atoms with van der Waals surface area (Å²) in [5.41, 5.74) is 6.26. The molecule has 1 heterocycles. The number of nitrogens with zero attached hydrogens (tertiary/aromatic N) is 1. The van der Waals surface area contributed by atoms with Gasteiger partial charge in [-0.05, 0) is 25.0 Å². The van der Waals surface area contributed by atoms with Gasteiger partial charge in [0.15, 0.2) is 0 Å². The molecule has 1 aromatic heterocycles. The summed E-state index contributed by atoms with van der Waals surface area (Å²) in [5.74, 6) is 0. The molecule has 0 amide bonds. The van der Waals surface area contributed by atoms with Crippen LogP contribution < -0.4 is 5.73 Å². The zero-order chi connectivity index (χ0) is 12.2. The van der Waals surface area contributed by atoms with Crippen LogP contribution in [0.2, 0.25) is 5.02 Å². The smallest absolute Gasteiger partial charge is 0.323 e. The number of alkyl halides is 3.